The standard InChI is InChI=1S/C7H14N2/c8-6-1-5-2-7(3-6)9-4-5/h5-7,9H,1-4,8H2/t5-,6+,7-/m1/s1. The van der Waals surface area contributed by atoms with Gasteiger partial charge in [-0.15, -0.1) is 0 Å². The first-order valence-electron chi connectivity index (χ1n) is 3.83. The lowest BCUT2D eigenvalue weighted by atomic mass is 9.87. The van der Waals surface area contributed by atoms with E-state index in [4.69, 9.17) is 5.73 Å². The average Bonchev–Trinajstić information content (AvgIpc) is 2.11. The van der Waals surface area contributed by atoms with Crippen LogP contribution in [0, 0.1) is 5.92 Å². The molecule has 1 saturated carbocycles. The molecule has 2 bridgehead atoms. The topological polar surface area (TPSA) is 38.0 Å². The highest BCUT2D eigenvalue weighted by Crippen LogP contribution is 2.27. The van der Waals surface area contributed by atoms with Gasteiger partial charge in [-0.3, -0.25) is 0 Å². The van der Waals surface area contributed by atoms with Crippen molar-refractivity contribution in [1.82, 2.24) is 5.32 Å². The Kier molecular flexibility index (Phi) is 1.24. The van der Waals surface area contributed by atoms with Gasteiger partial charge in [0, 0.05) is 12.1 Å². The molecular formula is C7H14N2. The normalized spacial score (nSPS) is 49.7. The molecule has 0 spiro atoms. The van der Waals surface area contributed by atoms with Crippen LogP contribution < -0.4 is 11.1 Å². The Morgan fingerprint density at radius 3 is 2.89 bits per heavy atom. The zero-order valence-corrected chi connectivity index (χ0v) is 5.64. The van der Waals surface area contributed by atoms with Gasteiger partial charge in [-0.25, -0.2) is 0 Å². The molecule has 1 aliphatic heterocycles. The van der Waals surface area contributed by atoms with Crippen molar-refractivity contribution < 1.29 is 0 Å². The fourth-order valence-electron chi connectivity index (χ4n) is 2.15. The molecule has 2 fully saturated rings. The van der Waals surface area contributed by atoms with E-state index < -0.39 is 0 Å². The molecule has 0 amide bonds. The predicted octanol–water partition coefficient (Wildman–Crippen LogP) is 0.0856. The molecule has 2 rings (SSSR count). The van der Waals surface area contributed by atoms with Gasteiger partial charge in [-0.1, -0.05) is 0 Å². The minimum atomic E-state index is 0.490. The second-order valence-electron chi connectivity index (χ2n) is 3.44. The quantitative estimate of drug-likeness (QED) is 0.482. The molecule has 52 valence electrons. The van der Waals surface area contributed by atoms with E-state index in [1.54, 1.807) is 0 Å². The van der Waals surface area contributed by atoms with Crippen molar-refractivity contribution >= 4 is 0 Å². The van der Waals surface area contributed by atoms with Crippen LogP contribution in [0.15, 0.2) is 0 Å². The third-order valence-corrected chi connectivity index (χ3v) is 2.54. The third kappa shape index (κ3) is 0.970. The summed E-state index contributed by atoms with van der Waals surface area (Å²) in [7, 11) is 0. The second-order valence-corrected chi connectivity index (χ2v) is 3.44. The highest BCUT2D eigenvalue weighted by atomic mass is 15.0. The second kappa shape index (κ2) is 1.96. The Morgan fingerprint density at radius 2 is 2.11 bits per heavy atom. The van der Waals surface area contributed by atoms with E-state index in [-0.39, 0.29) is 0 Å². The lowest BCUT2D eigenvalue weighted by Crippen LogP contribution is -2.33. The first-order chi connectivity index (χ1) is 4.34. The van der Waals surface area contributed by atoms with Crippen molar-refractivity contribution in [1.29, 1.82) is 0 Å². The molecule has 1 saturated heterocycles. The van der Waals surface area contributed by atoms with Crippen molar-refractivity contribution in [3.05, 3.63) is 0 Å². The van der Waals surface area contributed by atoms with E-state index in [0.717, 1.165) is 12.0 Å². The number of hydrogen-bond acceptors (Lipinski definition) is 2. The maximum Gasteiger partial charge on any atom is 0.00850 e. The summed E-state index contributed by atoms with van der Waals surface area (Å²) in [5.74, 6) is 0.902. The van der Waals surface area contributed by atoms with Crippen LogP contribution in [0.4, 0.5) is 0 Å². The Labute approximate surface area is 55.8 Å². The maximum atomic E-state index is 5.82. The molecule has 0 aromatic rings. The summed E-state index contributed by atoms with van der Waals surface area (Å²) in [6.45, 7) is 1.22. The van der Waals surface area contributed by atoms with Gasteiger partial charge >= 0.3 is 0 Å². The number of nitrogens with one attached hydrogen (secondary N) is 1. The molecule has 0 aromatic carbocycles. The first kappa shape index (κ1) is 5.69. The molecule has 0 radical (unpaired) electrons. The minimum absolute atomic E-state index is 0.490. The smallest absolute Gasteiger partial charge is 0.00850 e. The van der Waals surface area contributed by atoms with E-state index in [0.29, 0.717) is 6.04 Å². The van der Waals surface area contributed by atoms with Gasteiger partial charge in [0.05, 0.1) is 0 Å². The lowest BCUT2D eigenvalue weighted by molar-refractivity contribution is 0.364. The van der Waals surface area contributed by atoms with E-state index in [9.17, 15) is 0 Å². The summed E-state index contributed by atoms with van der Waals surface area (Å²) >= 11 is 0. The minimum Gasteiger partial charge on any atom is -0.328 e. The summed E-state index contributed by atoms with van der Waals surface area (Å²) in [5, 5.41) is 3.47. The summed E-state index contributed by atoms with van der Waals surface area (Å²) in [6, 6.07) is 1.25. The van der Waals surface area contributed by atoms with Crippen molar-refractivity contribution in [2.75, 3.05) is 6.54 Å². The van der Waals surface area contributed by atoms with Crippen LogP contribution in [0.5, 0.6) is 0 Å². The van der Waals surface area contributed by atoms with Crippen LogP contribution >= 0.6 is 0 Å². The van der Waals surface area contributed by atoms with Crippen molar-refractivity contribution in [3.8, 4) is 0 Å². The number of hydrogen-bond donors (Lipinski definition) is 2. The Morgan fingerprint density at radius 1 is 1.22 bits per heavy atom. The lowest BCUT2D eigenvalue weighted by Gasteiger charge is -2.22. The maximum absolute atomic E-state index is 5.82. The molecule has 3 atom stereocenters. The van der Waals surface area contributed by atoms with Crippen molar-refractivity contribution in [2.24, 2.45) is 11.7 Å². The first-order valence-corrected chi connectivity index (χ1v) is 3.83. The Hall–Kier alpha value is -0.0800. The Bertz CT molecular complexity index is 101. The molecule has 0 aromatic heterocycles. The van der Waals surface area contributed by atoms with Gasteiger partial charge in [0.15, 0.2) is 0 Å². The van der Waals surface area contributed by atoms with Crippen molar-refractivity contribution in [2.45, 2.75) is 31.3 Å². The molecule has 2 aliphatic rings. The van der Waals surface area contributed by atoms with Gasteiger partial charge in [-0.05, 0) is 31.7 Å². The summed E-state index contributed by atoms with van der Waals surface area (Å²) in [4.78, 5) is 0. The summed E-state index contributed by atoms with van der Waals surface area (Å²) in [6.07, 6.45) is 3.84. The van der Waals surface area contributed by atoms with Gasteiger partial charge in [0.1, 0.15) is 0 Å². The fraction of sp³-hybridized carbons (Fsp3) is 1.00. The molecule has 0 unspecified atom stereocenters. The van der Waals surface area contributed by atoms with Gasteiger partial charge in [0.25, 0.3) is 0 Å². The van der Waals surface area contributed by atoms with Gasteiger partial charge < -0.3 is 11.1 Å². The molecule has 1 aliphatic carbocycles. The third-order valence-electron chi connectivity index (χ3n) is 2.54. The van der Waals surface area contributed by atoms with Crippen LogP contribution in [0.2, 0.25) is 0 Å². The highest BCUT2D eigenvalue weighted by Gasteiger charge is 2.31. The molecule has 2 heteroatoms. The Balaban J connectivity index is 2.03. The van der Waals surface area contributed by atoms with Gasteiger partial charge in [0.2, 0.25) is 0 Å². The summed E-state index contributed by atoms with van der Waals surface area (Å²) < 4.78 is 0. The zero-order valence-electron chi connectivity index (χ0n) is 5.64. The number of rotatable bonds is 0. The van der Waals surface area contributed by atoms with E-state index in [1.807, 2.05) is 0 Å². The fourth-order valence-corrected chi connectivity index (χ4v) is 2.15. The molecule has 9 heavy (non-hydrogen) atoms. The summed E-state index contributed by atoms with van der Waals surface area (Å²) in [5.41, 5.74) is 5.82. The average molecular weight is 126 g/mol. The van der Waals surface area contributed by atoms with E-state index in [2.05, 4.69) is 5.32 Å². The van der Waals surface area contributed by atoms with Crippen LogP contribution in [0.1, 0.15) is 19.3 Å². The number of fused-ring (bicyclic) bond motifs is 2. The predicted molar refractivity (Wildman–Crippen MR) is 37.1 cm³/mol. The van der Waals surface area contributed by atoms with Gasteiger partial charge in [-0.2, -0.15) is 0 Å². The SMILES string of the molecule is N[C@H]1C[C@H]2CN[C@@H](C1)C2. The molecule has 1 heterocycles. The van der Waals surface area contributed by atoms with Crippen LogP contribution in [-0.4, -0.2) is 18.6 Å². The van der Waals surface area contributed by atoms with Crippen molar-refractivity contribution in [3.63, 3.8) is 0 Å². The molecular weight excluding hydrogens is 112 g/mol. The highest BCUT2D eigenvalue weighted by molar-refractivity contribution is 4.91. The van der Waals surface area contributed by atoms with E-state index >= 15 is 0 Å². The zero-order chi connectivity index (χ0) is 6.27. The number of nitrogens with two attached hydrogens (primary N) is 1. The van der Waals surface area contributed by atoms with Crippen LogP contribution in [-0.2, 0) is 0 Å². The van der Waals surface area contributed by atoms with Crippen LogP contribution in [0.25, 0.3) is 0 Å². The molecule has 3 N–H and O–H groups in total. The molecule has 2 nitrogen and oxygen atoms in total. The largest absolute Gasteiger partial charge is 0.328 e. The van der Waals surface area contributed by atoms with E-state index in [1.165, 1.54) is 25.8 Å². The van der Waals surface area contributed by atoms with Crippen LogP contribution in [0.3, 0.4) is 0 Å². The monoisotopic (exact) mass is 126 g/mol.